The van der Waals surface area contributed by atoms with Crippen molar-refractivity contribution in [3.05, 3.63) is 60.2 Å². The van der Waals surface area contributed by atoms with Gasteiger partial charge in [0.1, 0.15) is 6.04 Å². The first-order chi connectivity index (χ1) is 11.1. The molecule has 1 aliphatic rings. The summed E-state index contributed by atoms with van der Waals surface area (Å²) in [4.78, 5) is 23.4. The topological polar surface area (TPSA) is 72.2 Å². The number of carbonyl (C=O) groups is 2. The summed E-state index contributed by atoms with van der Waals surface area (Å²) in [5.74, 6) is -0.488. The molecule has 0 aliphatic heterocycles. The quantitative estimate of drug-likeness (QED) is 0.859. The molecule has 0 radical (unpaired) electrons. The van der Waals surface area contributed by atoms with Crippen LogP contribution in [0.3, 0.4) is 0 Å². The predicted octanol–water partition coefficient (Wildman–Crippen LogP) is 2.28. The third-order valence-corrected chi connectivity index (χ3v) is 4.11. The molecule has 2 aromatic rings. The lowest BCUT2D eigenvalue weighted by atomic mass is 10.0. The lowest BCUT2D eigenvalue weighted by Crippen LogP contribution is -2.46. The Kier molecular flexibility index (Phi) is 4.42. The Balaban J connectivity index is 1.68. The minimum atomic E-state index is -0.648. The van der Waals surface area contributed by atoms with Crippen LogP contribution in [0.5, 0.6) is 0 Å². The summed E-state index contributed by atoms with van der Waals surface area (Å²) >= 11 is 0. The highest BCUT2D eigenvalue weighted by molar-refractivity contribution is 5.88. The first-order valence-corrected chi connectivity index (χ1v) is 7.87. The summed E-state index contributed by atoms with van der Waals surface area (Å²) in [6, 6.07) is 17.4. The zero-order valence-electron chi connectivity index (χ0n) is 12.9. The number of carbonyl (C=O) groups excluding carboxylic acids is 2. The molecule has 1 fully saturated rings. The number of benzene rings is 2. The van der Waals surface area contributed by atoms with Crippen molar-refractivity contribution in [3.63, 3.8) is 0 Å². The van der Waals surface area contributed by atoms with E-state index in [1.54, 1.807) is 0 Å². The van der Waals surface area contributed by atoms with Gasteiger partial charge >= 0.3 is 0 Å². The third-order valence-electron chi connectivity index (χ3n) is 4.11. The lowest BCUT2D eigenvalue weighted by Gasteiger charge is -2.15. The highest BCUT2D eigenvalue weighted by Crippen LogP contribution is 2.29. The summed E-state index contributed by atoms with van der Waals surface area (Å²) in [7, 11) is 0. The molecule has 0 saturated heterocycles. The molecule has 23 heavy (non-hydrogen) atoms. The van der Waals surface area contributed by atoms with Crippen LogP contribution in [0.1, 0.15) is 18.4 Å². The van der Waals surface area contributed by atoms with Gasteiger partial charge in [-0.25, -0.2) is 0 Å². The van der Waals surface area contributed by atoms with E-state index in [0.717, 1.165) is 29.5 Å². The summed E-state index contributed by atoms with van der Waals surface area (Å²) in [5, 5.41) is 2.76. The maximum absolute atomic E-state index is 11.8. The first kappa shape index (κ1) is 15.3. The van der Waals surface area contributed by atoms with Gasteiger partial charge in [0, 0.05) is 12.3 Å². The second kappa shape index (κ2) is 6.65. The highest BCUT2D eigenvalue weighted by Gasteiger charge is 2.32. The largest absolute Gasteiger partial charge is 0.368 e. The Morgan fingerprint density at radius 1 is 1.00 bits per heavy atom. The van der Waals surface area contributed by atoms with E-state index >= 15 is 0 Å². The molecule has 0 heterocycles. The van der Waals surface area contributed by atoms with Gasteiger partial charge < -0.3 is 11.1 Å². The van der Waals surface area contributed by atoms with E-state index in [4.69, 9.17) is 5.73 Å². The molecule has 4 nitrogen and oxygen atoms in total. The Hall–Kier alpha value is -2.62. The van der Waals surface area contributed by atoms with Crippen LogP contribution < -0.4 is 11.1 Å². The molecular weight excluding hydrogens is 288 g/mol. The van der Waals surface area contributed by atoms with Crippen LogP contribution in [0.15, 0.2) is 54.6 Å². The van der Waals surface area contributed by atoms with E-state index in [1.807, 2.05) is 42.5 Å². The fourth-order valence-electron chi connectivity index (χ4n) is 2.56. The smallest absolute Gasteiger partial charge is 0.240 e. The summed E-state index contributed by atoms with van der Waals surface area (Å²) in [6.07, 6.45) is 2.23. The first-order valence-electron chi connectivity index (χ1n) is 7.87. The molecule has 3 rings (SSSR count). The van der Waals surface area contributed by atoms with Gasteiger partial charge in [-0.3, -0.25) is 9.59 Å². The lowest BCUT2D eigenvalue weighted by molar-refractivity contribution is -0.128. The van der Waals surface area contributed by atoms with Crippen molar-refractivity contribution >= 4 is 11.8 Å². The maximum Gasteiger partial charge on any atom is 0.240 e. The van der Waals surface area contributed by atoms with E-state index in [9.17, 15) is 9.59 Å². The molecule has 0 bridgehead atoms. The fourth-order valence-corrected chi connectivity index (χ4v) is 2.56. The number of hydrogen-bond donors (Lipinski definition) is 2. The average molecular weight is 308 g/mol. The normalized spacial score (nSPS) is 15.0. The molecule has 2 amide bonds. The molecule has 1 atom stereocenters. The van der Waals surface area contributed by atoms with E-state index in [1.165, 1.54) is 0 Å². The van der Waals surface area contributed by atoms with Crippen molar-refractivity contribution < 1.29 is 9.59 Å². The van der Waals surface area contributed by atoms with Gasteiger partial charge in [0.15, 0.2) is 0 Å². The van der Waals surface area contributed by atoms with Crippen molar-refractivity contribution in [1.82, 2.24) is 5.32 Å². The zero-order valence-corrected chi connectivity index (χ0v) is 12.9. The van der Waals surface area contributed by atoms with Gasteiger partial charge in [-0.2, -0.15) is 0 Å². The molecule has 1 saturated carbocycles. The van der Waals surface area contributed by atoms with Gasteiger partial charge in [0.05, 0.1) is 0 Å². The second-order valence-corrected chi connectivity index (χ2v) is 6.00. The molecule has 118 valence electrons. The van der Waals surface area contributed by atoms with Gasteiger partial charge in [-0.05, 0) is 29.5 Å². The molecule has 0 aromatic heterocycles. The molecule has 4 heteroatoms. The highest BCUT2D eigenvalue weighted by atomic mass is 16.2. The molecule has 1 aliphatic carbocycles. The number of nitrogens with one attached hydrogen (secondary N) is 1. The van der Waals surface area contributed by atoms with Crippen LogP contribution in [0.25, 0.3) is 11.1 Å². The van der Waals surface area contributed by atoms with Crippen molar-refractivity contribution in [2.75, 3.05) is 0 Å². The number of hydrogen-bond acceptors (Lipinski definition) is 2. The number of rotatable bonds is 6. The third kappa shape index (κ3) is 3.97. The van der Waals surface area contributed by atoms with Crippen LogP contribution in [0, 0.1) is 5.92 Å². The van der Waals surface area contributed by atoms with E-state index in [0.29, 0.717) is 6.42 Å². The van der Waals surface area contributed by atoms with Gasteiger partial charge in [-0.15, -0.1) is 0 Å². The predicted molar refractivity (Wildman–Crippen MR) is 89.4 cm³/mol. The second-order valence-electron chi connectivity index (χ2n) is 6.00. The summed E-state index contributed by atoms with van der Waals surface area (Å²) in [5.41, 5.74) is 8.66. The Morgan fingerprint density at radius 3 is 2.17 bits per heavy atom. The maximum atomic E-state index is 11.8. The minimum Gasteiger partial charge on any atom is -0.368 e. The summed E-state index contributed by atoms with van der Waals surface area (Å²) in [6.45, 7) is 0. The van der Waals surface area contributed by atoms with Crippen molar-refractivity contribution in [1.29, 1.82) is 0 Å². The van der Waals surface area contributed by atoms with Crippen molar-refractivity contribution in [2.24, 2.45) is 11.7 Å². The van der Waals surface area contributed by atoms with Crippen LogP contribution >= 0.6 is 0 Å². The van der Waals surface area contributed by atoms with Crippen LogP contribution in [-0.2, 0) is 16.0 Å². The van der Waals surface area contributed by atoms with Gasteiger partial charge in [-0.1, -0.05) is 54.6 Å². The van der Waals surface area contributed by atoms with Crippen LogP contribution in [0.2, 0.25) is 0 Å². The summed E-state index contributed by atoms with van der Waals surface area (Å²) < 4.78 is 0. The van der Waals surface area contributed by atoms with E-state index < -0.39 is 11.9 Å². The number of amides is 2. The Labute approximate surface area is 135 Å². The fraction of sp³-hybridized carbons (Fsp3) is 0.263. The molecule has 0 spiro atoms. The van der Waals surface area contributed by atoms with Gasteiger partial charge in [0.2, 0.25) is 11.8 Å². The monoisotopic (exact) mass is 308 g/mol. The molecule has 3 N–H and O–H groups in total. The van der Waals surface area contributed by atoms with Gasteiger partial charge in [0.25, 0.3) is 0 Å². The standard InChI is InChI=1S/C19H20N2O2/c20-18(22)17(21-19(23)16-10-11-16)12-13-6-8-15(9-7-13)14-4-2-1-3-5-14/h1-9,16-17H,10-12H2,(H2,20,22)(H,21,23)/t17-/m0/s1. The van der Waals surface area contributed by atoms with Crippen LogP contribution in [-0.4, -0.2) is 17.9 Å². The van der Waals surface area contributed by atoms with Crippen molar-refractivity contribution in [3.8, 4) is 11.1 Å². The van der Waals surface area contributed by atoms with Crippen LogP contribution in [0.4, 0.5) is 0 Å². The molecule has 2 aromatic carbocycles. The Bertz CT molecular complexity index is 691. The van der Waals surface area contributed by atoms with E-state index in [2.05, 4.69) is 17.4 Å². The minimum absolute atomic E-state index is 0.0605. The van der Waals surface area contributed by atoms with Crippen molar-refractivity contribution in [2.45, 2.75) is 25.3 Å². The van der Waals surface area contributed by atoms with E-state index in [-0.39, 0.29) is 11.8 Å². The average Bonchev–Trinajstić information content (AvgIpc) is 3.40. The Morgan fingerprint density at radius 2 is 1.61 bits per heavy atom. The zero-order chi connectivity index (χ0) is 16.2. The molecular formula is C19H20N2O2. The molecule has 0 unspecified atom stereocenters. The number of nitrogens with two attached hydrogens (primary N) is 1. The SMILES string of the molecule is NC(=O)[C@H](Cc1ccc(-c2ccccc2)cc1)NC(=O)C1CC1. The number of primary amides is 1.